The third-order valence-corrected chi connectivity index (χ3v) is 7.02. The second-order valence-electron chi connectivity index (χ2n) is 11.5. The van der Waals surface area contributed by atoms with Crippen LogP contribution in [-0.4, -0.2) is 70.4 Å². The van der Waals surface area contributed by atoms with Gasteiger partial charge in [0, 0.05) is 55.5 Å². The van der Waals surface area contributed by atoms with Crippen LogP contribution < -0.4 is 9.64 Å². The van der Waals surface area contributed by atoms with E-state index in [9.17, 15) is 4.79 Å². The maximum Gasteiger partial charge on any atom is 0.410 e. The van der Waals surface area contributed by atoms with Crippen molar-refractivity contribution in [2.75, 3.05) is 31.9 Å². The molecule has 3 heterocycles. The van der Waals surface area contributed by atoms with E-state index in [0.29, 0.717) is 40.8 Å². The number of piperazine rings is 1. The minimum Gasteiger partial charge on any atom is -0.464 e. The number of ether oxygens (including phenoxy) is 3. The quantitative estimate of drug-likeness (QED) is 0.279. The summed E-state index contributed by atoms with van der Waals surface area (Å²) < 4.78 is 48.7. The Hall–Kier alpha value is -3.99. The van der Waals surface area contributed by atoms with Gasteiger partial charge in [0.25, 0.3) is 0 Å². The molecule has 2 aromatic heterocycles. The smallest absolute Gasteiger partial charge is 0.410 e. The van der Waals surface area contributed by atoms with E-state index in [0.717, 1.165) is 0 Å². The SMILES string of the molecule is COCOc1c(-c2ccc3cc(N4C[C@@H](C)N(C(=O)OC(C)(C)C)[C@@H](C)C4)cc(F)c3n2)cc2cn(C)nc2c1F. The molecule has 9 nitrogen and oxygen atoms in total. The highest BCUT2D eigenvalue weighted by atomic mass is 19.1. The van der Waals surface area contributed by atoms with Gasteiger partial charge >= 0.3 is 6.09 Å². The van der Waals surface area contributed by atoms with E-state index in [1.165, 1.54) is 17.9 Å². The molecule has 1 amide bonds. The van der Waals surface area contributed by atoms with E-state index >= 15 is 8.78 Å². The van der Waals surface area contributed by atoms with Crippen molar-refractivity contribution in [3.05, 3.63) is 48.2 Å². The van der Waals surface area contributed by atoms with Crippen molar-refractivity contribution in [2.24, 2.45) is 7.05 Å². The molecule has 218 valence electrons. The Morgan fingerprint density at radius 3 is 2.41 bits per heavy atom. The normalized spacial score (nSPS) is 17.9. The van der Waals surface area contributed by atoms with Crippen LogP contribution in [0.4, 0.5) is 19.3 Å². The first kappa shape index (κ1) is 28.5. The van der Waals surface area contributed by atoms with Gasteiger partial charge in [-0.2, -0.15) is 5.10 Å². The maximum absolute atomic E-state index is 15.6. The number of fused-ring (bicyclic) bond motifs is 2. The molecule has 2 aromatic carbocycles. The molecule has 1 fully saturated rings. The average molecular weight is 568 g/mol. The van der Waals surface area contributed by atoms with Gasteiger partial charge in [0.2, 0.25) is 0 Å². The van der Waals surface area contributed by atoms with Gasteiger partial charge in [0.1, 0.15) is 16.6 Å². The number of pyridine rings is 1. The van der Waals surface area contributed by atoms with Crippen LogP contribution in [0.1, 0.15) is 34.6 Å². The molecule has 0 aliphatic carbocycles. The fraction of sp³-hybridized carbons (Fsp3) is 0.433. The predicted octanol–water partition coefficient (Wildman–Crippen LogP) is 5.88. The van der Waals surface area contributed by atoms with Gasteiger partial charge in [-0.25, -0.2) is 18.6 Å². The van der Waals surface area contributed by atoms with Gasteiger partial charge in [-0.3, -0.25) is 9.58 Å². The number of aromatic nitrogens is 3. The number of anilines is 1. The monoisotopic (exact) mass is 567 g/mol. The topological polar surface area (TPSA) is 82.0 Å². The third-order valence-electron chi connectivity index (χ3n) is 7.02. The fourth-order valence-corrected chi connectivity index (χ4v) is 5.40. The zero-order valence-electron chi connectivity index (χ0n) is 24.4. The van der Waals surface area contributed by atoms with Crippen molar-refractivity contribution in [2.45, 2.75) is 52.3 Å². The van der Waals surface area contributed by atoms with E-state index < -0.39 is 17.2 Å². The number of carbonyl (C=O) groups excluding carboxylic acids is 1. The molecule has 1 aliphatic rings. The molecular weight excluding hydrogens is 532 g/mol. The highest BCUT2D eigenvalue weighted by molar-refractivity contribution is 5.91. The summed E-state index contributed by atoms with van der Waals surface area (Å²) in [5.41, 5.74) is 1.14. The number of hydrogen-bond acceptors (Lipinski definition) is 7. The Kier molecular flexibility index (Phi) is 7.50. The summed E-state index contributed by atoms with van der Waals surface area (Å²) in [6, 6.07) is 8.25. The third kappa shape index (κ3) is 5.63. The lowest BCUT2D eigenvalue weighted by Crippen LogP contribution is -2.59. The number of carbonyl (C=O) groups is 1. The standard InChI is InChI=1S/C30H35F2N5O4/c1-17-13-36(14-18(2)37(17)29(38)41-30(3,4)5)21-10-19-8-9-24(33-26(19)23(31)12-21)22-11-20-15-35(6)34-27(20)25(32)28(22)40-16-39-7/h8-12,15,17-18H,13-14,16H2,1-7H3/t17-,18+. The largest absolute Gasteiger partial charge is 0.464 e. The highest BCUT2D eigenvalue weighted by Crippen LogP contribution is 2.38. The van der Waals surface area contributed by atoms with Crippen LogP contribution in [0.3, 0.4) is 0 Å². The average Bonchev–Trinajstić information content (AvgIpc) is 3.27. The van der Waals surface area contributed by atoms with Crippen LogP contribution in [0.25, 0.3) is 33.1 Å². The Morgan fingerprint density at radius 2 is 1.76 bits per heavy atom. The van der Waals surface area contributed by atoms with Crippen LogP contribution in [0.5, 0.6) is 5.75 Å². The van der Waals surface area contributed by atoms with Gasteiger partial charge < -0.3 is 19.1 Å². The summed E-state index contributed by atoms with van der Waals surface area (Å²) in [6.45, 7) is 10.3. The van der Waals surface area contributed by atoms with Crippen LogP contribution in [0.15, 0.2) is 36.5 Å². The number of halogens is 2. The second kappa shape index (κ2) is 10.8. The summed E-state index contributed by atoms with van der Waals surface area (Å²) in [5, 5.41) is 5.35. The number of aryl methyl sites for hydroxylation is 1. The molecule has 0 saturated carbocycles. The number of rotatable bonds is 5. The summed E-state index contributed by atoms with van der Waals surface area (Å²) in [5.74, 6) is -1.20. The Morgan fingerprint density at radius 1 is 1.05 bits per heavy atom. The molecule has 0 spiro atoms. The molecule has 0 radical (unpaired) electrons. The Bertz CT molecular complexity index is 1600. The first-order chi connectivity index (χ1) is 19.4. The van der Waals surface area contributed by atoms with Crippen molar-refractivity contribution in [1.29, 1.82) is 0 Å². The van der Waals surface area contributed by atoms with Crippen LogP contribution >= 0.6 is 0 Å². The first-order valence-corrected chi connectivity index (χ1v) is 13.5. The first-order valence-electron chi connectivity index (χ1n) is 13.5. The van der Waals surface area contributed by atoms with E-state index in [-0.39, 0.29) is 41.8 Å². The van der Waals surface area contributed by atoms with E-state index in [2.05, 4.69) is 15.0 Å². The van der Waals surface area contributed by atoms with E-state index in [1.807, 2.05) is 40.7 Å². The van der Waals surface area contributed by atoms with Crippen LogP contribution in [-0.2, 0) is 16.5 Å². The van der Waals surface area contributed by atoms with E-state index in [4.69, 9.17) is 14.2 Å². The number of amides is 1. The van der Waals surface area contributed by atoms with Crippen molar-refractivity contribution in [3.63, 3.8) is 0 Å². The lowest BCUT2D eigenvalue weighted by molar-refractivity contribution is 0.00565. The van der Waals surface area contributed by atoms with Crippen molar-refractivity contribution in [1.82, 2.24) is 19.7 Å². The molecule has 11 heteroatoms. The molecule has 41 heavy (non-hydrogen) atoms. The van der Waals surface area contributed by atoms with Gasteiger partial charge in [-0.05, 0) is 58.9 Å². The Balaban J connectivity index is 1.47. The molecule has 4 aromatic rings. The minimum absolute atomic E-state index is 0.0623. The van der Waals surface area contributed by atoms with Crippen LogP contribution in [0.2, 0.25) is 0 Å². The van der Waals surface area contributed by atoms with Gasteiger partial charge in [-0.15, -0.1) is 0 Å². The zero-order valence-corrected chi connectivity index (χ0v) is 24.4. The molecule has 0 unspecified atom stereocenters. The highest BCUT2D eigenvalue weighted by Gasteiger charge is 2.36. The lowest BCUT2D eigenvalue weighted by atomic mass is 10.0. The molecule has 5 rings (SSSR count). The zero-order chi connectivity index (χ0) is 29.6. The molecule has 0 N–H and O–H groups in total. The number of methoxy groups -OCH3 is 1. The summed E-state index contributed by atoms with van der Waals surface area (Å²) >= 11 is 0. The molecular formula is C30H35F2N5O4. The van der Waals surface area contributed by atoms with Crippen LogP contribution in [0, 0.1) is 11.6 Å². The number of hydrogen-bond donors (Lipinski definition) is 0. The lowest BCUT2D eigenvalue weighted by Gasteiger charge is -2.45. The molecule has 0 bridgehead atoms. The van der Waals surface area contributed by atoms with Gasteiger partial charge in [0.15, 0.2) is 24.2 Å². The molecule has 1 saturated heterocycles. The summed E-state index contributed by atoms with van der Waals surface area (Å²) in [4.78, 5) is 21.2. The van der Waals surface area contributed by atoms with Gasteiger partial charge in [-0.1, -0.05) is 6.07 Å². The fourth-order valence-electron chi connectivity index (χ4n) is 5.40. The van der Waals surface area contributed by atoms with Crippen molar-refractivity contribution < 1.29 is 27.8 Å². The predicted molar refractivity (Wildman–Crippen MR) is 153 cm³/mol. The summed E-state index contributed by atoms with van der Waals surface area (Å²) in [7, 11) is 3.14. The van der Waals surface area contributed by atoms with Crippen molar-refractivity contribution >= 4 is 33.6 Å². The van der Waals surface area contributed by atoms with Crippen molar-refractivity contribution in [3.8, 4) is 17.0 Å². The maximum atomic E-state index is 15.6. The minimum atomic E-state index is -0.637. The molecule has 2 atom stereocenters. The number of nitrogens with zero attached hydrogens (tertiary/aromatic N) is 5. The van der Waals surface area contributed by atoms with Gasteiger partial charge in [0.05, 0.1) is 17.8 Å². The Labute approximate surface area is 237 Å². The number of benzene rings is 2. The molecule has 1 aliphatic heterocycles. The summed E-state index contributed by atoms with van der Waals surface area (Å²) in [6.07, 6.45) is 1.34. The second-order valence-corrected chi connectivity index (χ2v) is 11.5. The van der Waals surface area contributed by atoms with E-state index in [1.54, 1.807) is 36.3 Å².